The monoisotopic (exact) mass is 317 g/mol. The van der Waals surface area contributed by atoms with E-state index in [9.17, 15) is 13.6 Å². The van der Waals surface area contributed by atoms with Crippen LogP contribution in [0.3, 0.4) is 0 Å². The summed E-state index contributed by atoms with van der Waals surface area (Å²) >= 11 is 0. The number of carboxylic acid groups (broad SMARTS) is 1. The molecule has 0 unspecified atom stereocenters. The van der Waals surface area contributed by atoms with Crippen LogP contribution in [0, 0.1) is 11.6 Å². The highest BCUT2D eigenvalue weighted by atomic mass is 19.2. The van der Waals surface area contributed by atoms with E-state index in [1.54, 1.807) is 0 Å². The van der Waals surface area contributed by atoms with E-state index in [1.807, 2.05) is 0 Å². The summed E-state index contributed by atoms with van der Waals surface area (Å²) in [6.45, 7) is 0. The lowest BCUT2D eigenvalue weighted by Crippen LogP contribution is -2.21. The fraction of sp³-hybridized carbons (Fsp3) is 0.188. The molecule has 2 aromatic rings. The fourth-order valence-corrected chi connectivity index (χ4v) is 2.56. The smallest absolute Gasteiger partial charge is 0.328 e. The number of fused-ring (bicyclic) bond motifs is 1. The van der Waals surface area contributed by atoms with Gasteiger partial charge in [-0.1, -0.05) is 0 Å². The predicted octanol–water partition coefficient (Wildman–Crippen LogP) is 2.43. The number of hydrogen-bond acceptors (Lipinski definition) is 4. The third kappa shape index (κ3) is 3.50. The van der Waals surface area contributed by atoms with Crippen molar-refractivity contribution in [3.8, 4) is 0 Å². The minimum Gasteiger partial charge on any atom is -0.478 e. The van der Waals surface area contributed by atoms with Crippen molar-refractivity contribution in [2.45, 2.75) is 18.9 Å². The molecule has 0 bridgehead atoms. The Morgan fingerprint density at radius 3 is 2.26 bits per heavy atom. The molecule has 5 nitrogen and oxygen atoms in total. The highest BCUT2D eigenvalue weighted by Gasteiger charge is 2.24. The van der Waals surface area contributed by atoms with Gasteiger partial charge in [0.25, 0.3) is 0 Å². The van der Waals surface area contributed by atoms with Crippen LogP contribution in [0.25, 0.3) is 6.08 Å². The second-order valence-corrected chi connectivity index (χ2v) is 5.30. The summed E-state index contributed by atoms with van der Waals surface area (Å²) in [5.74, 6) is -2.34. The summed E-state index contributed by atoms with van der Waals surface area (Å²) in [6.07, 6.45) is 6.52. The zero-order chi connectivity index (χ0) is 16.4. The Labute approximate surface area is 130 Å². The Bertz CT molecular complexity index is 745. The third-order valence-electron chi connectivity index (χ3n) is 3.60. The van der Waals surface area contributed by atoms with Crippen molar-refractivity contribution in [1.82, 2.24) is 9.97 Å². The van der Waals surface area contributed by atoms with Crippen LogP contribution < -0.4 is 5.32 Å². The van der Waals surface area contributed by atoms with Crippen molar-refractivity contribution < 1.29 is 18.7 Å². The summed E-state index contributed by atoms with van der Waals surface area (Å²) in [5, 5.41) is 11.7. The van der Waals surface area contributed by atoms with Gasteiger partial charge >= 0.3 is 5.97 Å². The molecule has 3 rings (SSSR count). The number of carboxylic acids is 1. The molecule has 0 atom stereocenters. The van der Waals surface area contributed by atoms with Crippen molar-refractivity contribution in [2.24, 2.45) is 0 Å². The van der Waals surface area contributed by atoms with Crippen LogP contribution >= 0.6 is 0 Å². The number of halogens is 2. The molecule has 118 valence electrons. The molecule has 0 saturated carbocycles. The highest BCUT2D eigenvalue weighted by Crippen LogP contribution is 2.26. The number of rotatable bonds is 4. The molecular weight excluding hydrogens is 304 g/mol. The molecule has 1 aliphatic rings. The van der Waals surface area contributed by atoms with E-state index >= 15 is 0 Å². The molecule has 2 N–H and O–H groups in total. The van der Waals surface area contributed by atoms with E-state index in [0.717, 1.165) is 17.2 Å². The van der Waals surface area contributed by atoms with E-state index < -0.39 is 17.6 Å². The van der Waals surface area contributed by atoms with Gasteiger partial charge in [-0.05, 0) is 42.2 Å². The molecule has 1 heterocycles. The zero-order valence-electron chi connectivity index (χ0n) is 12.0. The fourth-order valence-electron chi connectivity index (χ4n) is 2.56. The number of aliphatic carboxylic acids is 1. The van der Waals surface area contributed by atoms with E-state index in [-0.39, 0.29) is 6.04 Å². The first kappa shape index (κ1) is 15.1. The van der Waals surface area contributed by atoms with Crippen molar-refractivity contribution in [3.63, 3.8) is 0 Å². The maximum Gasteiger partial charge on any atom is 0.328 e. The normalized spacial score (nSPS) is 14.2. The van der Waals surface area contributed by atoms with Gasteiger partial charge in [0.05, 0.1) is 0 Å². The van der Waals surface area contributed by atoms with Crippen LogP contribution in [0.4, 0.5) is 14.7 Å². The summed E-state index contributed by atoms with van der Waals surface area (Å²) in [4.78, 5) is 18.6. The Balaban J connectivity index is 1.66. The maximum absolute atomic E-state index is 13.2. The molecule has 23 heavy (non-hydrogen) atoms. The minimum atomic E-state index is -1.05. The van der Waals surface area contributed by atoms with Gasteiger partial charge in [-0.15, -0.1) is 0 Å². The lowest BCUT2D eigenvalue weighted by Gasteiger charge is -2.11. The van der Waals surface area contributed by atoms with Crippen molar-refractivity contribution >= 4 is 18.0 Å². The van der Waals surface area contributed by atoms with Crippen LogP contribution in [0.5, 0.6) is 0 Å². The van der Waals surface area contributed by atoms with Gasteiger partial charge in [-0.3, -0.25) is 0 Å². The van der Waals surface area contributed by atoms with Crippen LogP contribution in [0.2, 0.25) is 0 Å². The highest BCUT2D eigenvalue weighted by molar-refractivity contribution is 5.85. The Kier molecular flexibility index (Phi) is 4.01. The van der Waals surface area contributed by atoms with Gasteiger partial charge in [0, 0.05) is 30.1 Å². The largest absolute Gasteiger partial charge is 0.478 e. The number of hydrogen-bond donors (Lipinski definition) is 2. The van der Waals surface area contributed by atoms with Crippen LogP contribution in [-0.2, 0) is 17.6 Å². The molecule has 0 saturated heterocycles. The van der Waals surface area contributed by atoms with Crippen molar-refractivity contribution in [3.05, 3.63) is 58.9 Å². The Morgan fingerprint density at radius 1 is 1.17 bits per heavy atom. The molecular formula is C16H13F2N3O2. The summed E-state index contributed by atoms with van der Waals surface area (Å²) in [7, 11) is 0. The predicted molar refractivity (Wildman–Crippen MR) is 79.9 cm³/mol. The lowest BCUT2D eigenvalue weighted by molar-refractivity contribution is -0.131. The molecule has 1 aromatic carbocycles. The number of aromatic nitrogens is 2. The number of anilines is 1. The van der Waals surface area contributed by atoms with Crippen molar-refractivity contribution in [1.29, 1.82) is 0 Å². The molecule has 0 amide bonds. The first-order valence-electron chi connectivity index (χ1n) is 6.97. The summed E-state index contributed by atoms with van der Waals surface area (Å²) in [6, 6.07) is 2.42. The van der Waals surface area contributed by atoms with Gasteiger partial charge in [0.2, 0.25) is 5.95 Å². The van der Waals surface area contributed by atoms with Gasteiger partial charge in [-0.2, -0.15) is 0 Å². The van der Waals surface area contributed by atoms with E-state index in [1.165, 1.54) is 30.6 Å². The second kappa shape index (κ2) is 6.12. The quantitative estimate of drug-likeness (QED) is 0.847. The molecule has 0 radical (unpaired) electrons. The SMILES string of the molecule is O=C(O)/C=C/c1cnc(NC2Cc3cc(F)c(F)cc3C2)nc1. The van der Waals surface area contributed by atoms with Crippen LogP contribution in [-0.4, -0.2) is 27.1 Å². The topological polar surface area (TPSA) is 75.1 Å². The minimum absolute atomic E-state index is 0.0355. The van der Waals surface area contributed by atoms with E-state index in [4.69, 9.17) is 5.11 Å². The number of carbonyl (C=O) groups is 1. The van der Waals surface area contributed by atoms with Gasteiger partial charge < -0.3 is 10.4 Å². The molecule has 0 fully saturated rings. The second-order valence-electron chi connectivity index (χ2n) is 5.30. The standard InChI is InChI=1S/C16H13F2N3O2/c17-13-5-10-3-12(4-11(10)6-14(13)18)21-16-19-7-9(8-20-16)1-2-15(22)23/h1-2,5-8,12H,3-4H2,(H,22,23)(H,19,20,21)/b2-1+. The van der Waals surface area contributed by atoms with Crippen LogP contribution in [0.1, 0.15) is 16.7 Å². The molecule has 0 aliphatic heterocycles. The molecule has 0 spiro atoms. The van der Waals surface area contributed by atoms with Crippen LogP contribution in [0.15, 0.2) is 30.6 Å². The Hall–Kier alpha value is -2.83. The number of nitrogens with one attached hydrogen (secondary N) is 1. The van der Waals surface area contributed by atoms with Crippen molar-refractivity contribution in [2.75, 3.05) is 5.32 Å². The first-order valence-corrected chi connectivity index (χ1v) is 6.97. The lowest BCUT2D eigenvalue weighted by atomic mass is 10.1. The molecule has 1 aliphatic carbocycles. The average molecular weight is 317 g/mol. The van der Waals surface area contributed by atoms with E-state index in [2.05, 4.69) is 15.3 Å². The third-order valence-corrected chi connectivity index (χ3v) is 3.60. The van der Waals surface area contributed by atoms with Gasteiger partial charge in [0.1, 0.15) is 0 Å². The average Bonchev–Trinajstić information content (AvgIpc) is 2.88. The maximum atomic E-state index is 13.2. The first-order chi connectivity index (χ1) is 11.0. The summed E-state index contributed by atoms with van der Waals surface area (Å²) < 4.78 is 26.5. The molecule has 1 aromatic heterocycles. The van der Waals surface area contributed by atoms with Gasteiger partial charge in [-0.25, -0.2) is 23.5 Å². The molecule has 7 heteroatoms. The number of benzene rings is 1. The van der Waals surface area contributed by atoms with E-state index in [0.29, 0.717) is 24.4 Å². The van der Waals surface area contributed by atoms with Gasteiger partial charge in [0.15, 0.2) is 11.6 Å². The number of nitrogens with zero attached hydrogens (tertiary/aromatic N) is 2. The Morgan fingerprint density at radius 2 is 1.74 bits per heavy atom. The zero-order valence-corrected chi connectivity index (χ0v) is 12.0. The summed E-state index contributed by atoms with van der Waals surface area (Å²) in [5.41, 5.74) is 2.13.